The van der Waals surface area contributed by atoms with Crippen LogP contribution in [0.1, 0.15) is 13.8 Å². The lowest BCUT2D eigenvalue weighted by atomic mass is 10.0. The molecule has 2 rings (SSSR count). The van der Waals surface area contributed by atoms with Gasteiger partial charge in [0.1, 0.15) is 23.0 Å². The van der Waals surface area contributed by atoms with Crippen molar-refractivity contribution in [1.82, 2.24) is 0 Å². The molecule has 0 bridgehead atoms. The van der Waals surface area contributed by atoms with Crippen LogP contribution in [0.5, 0.6) is 23.0 Å². The fourth-order valence-corrected chi connectivity index (χ4v) is 1.92. The maximum Gasteiger partial charge on any atom is 0.308 e. The molecule has 0 atom stereocenters. The molecule has 2 aromatic carbocycles. The first kappa shape index (κ1) is 15.4. The molecule has 0 saturated heterocycles. The summed E-state index contributed by atoms with van der Waals surface area (Å²) in [4.78, 5) is 22.0. The third kappa shape index (κ3) is 3.54. The fraction of sp³-hybridized carbons (Fsp3) is 0.125. The quantitative estimate of drug-likeness (QED) is 0.668. The van der Waals surface area contributed by atoms with E-state index < -0.39 is 11.9 Å². The molecule has 22 heavy (non-hydrogen) atoms. The van der Waals surface area contributed by atoms with Crippen molar-refractivity contribution in [2.24, 2.45) is 0 Å². The highest BCUT2D eigenvalue weighted by atomic mass is 16.5. The maximum absolute atomic E-state index is 11.0. The van der Waals surface area contributed by atoms with Crippen LogP contribution in [-0.2, 0) is 9.59 Å². The molecular weight excluding hydrogens is 288 g/mol. The van der Waals surface area contributed by atoms with Crippen LogP contribution < -0.4 is 9.47 Å². The van der Waals surface area contributed by atoms with Crippen molar-refractivity contribution in [2.45, 2.75) is 13.8 Å². The molecule has 114 valence electrons. The van der Waals surface area contributed by atoms with Gasteiger partial charge in [0.05, 0.1) is 0 Å². The van der Waals surface area contributed by atoms with Gasteiger partial charge in [0.15, 0.2) is 0 Å². The monoisotopic (exact) mass is 302 g/mol. The van der Waals surface area contributed by atoms with Crippen LogP contribution in [0.25, 0.3) is 11.1 Å². The molecule has 0 aliphatic rings. The summed E-state index contributed by atoms with van der Waals surface area (Å²) < 4.78 is 9.90. The van der Waals surface area contributed by atoms with Crippen LogP contribution in [0.15, 0.2) is 36.4 Å². The molecule has 0 aliphatic carbocycles. The Kier molecular flexibility index (Phi) is 4.31. The fourth-order valence-electron chi connectivity index (χ4n) is 1.92. The zero-order valence-electron chi connectivity index (χ0n) is 12.0. The minimum atomic E-state index is -0.505. The third-order valence-electron chi connectivity index (χ3n) is 2.75. The van der Waals surface area contributed by atoms with Gasteiger partial charge in [-0.15, -0.1) is 0 Å². The van der Waals surface area contributed by atoms with E-state index in [9.17, 15) is 19.8 Å². The Morgan fingerprint density at radius 1 is 0.773 bits per heavy atom. The van der Waals surface area contributed by atoms with Gasteiger partial charge in [-0.05, 0) is 36.4 Å². The minimum Gasteiger partial charge on any atom is -0.507 e. The number of carbonyl (C=O) groups is 2. The van der Waals surface area contributed by atoms with E-state index in [0.29, 0.717) is 0 Å². The Balaban J connectivity index is 2.50. The first-order valence-electron chi connectivity index (χ1n) is 6.40. The van der Waals surface area contributed by atoms with Crippen LogP contribution in [0.3, 0.4) is 0 Å². The van der Waals surface area contributed by atoms with E-state index in [1.807, 2.05) is 0 Å². The Hall–Kier alpha value is -3.02. The van der Waals surface area contributed by atoms with E-state index in [0.717, 1.165) is 0 Å². The Morgan fingerprint density at radius 2 is 1.14 bits per heavy atom. The summed E-state index contributed by atoms with van der Waals surface area (Å²) >= 11 is 0. The lowest BCUT2D eigenvalue weighted by molar-refractivity contribution is -0.132. The summed E-state index contributed by atoms with van der Waals surface area (Å²) in [6, 6.07) is 8.34. The van der Waals surface area contributed by atoms with Gasteiger partial charge in [-0.3, -0.25) is 9.59 Å². The van der Waals surface area contributed by atoms with Gasteiger partial charge in [0, 0.05) is 25.0 Å². The van der Waals surface area contributed by atoms with E-state index in [2.05, 4.69) is 0 Å². The number of rotatable bonds is 3. The number of esters is 2. The van der Waals surface area contributed by atoms with Gasteiger partial charge >= 0.3 is 11.9 Å². The molecule has 2 aromatic rings. The Labute approximate surface area is 126 Å². The first-order chi connectivity index (χ1) is 10.4. The molecule has 0 aliphatic heterocycles. The predicted octanol–water partition coefficient (Wildman–Crippen LogP) is 2.62. The lowest BCUT2D eigenvalue weighted by Gasteiger charge is -2.11. The zero-order valence-corrected chi connectivity index (χ0v) is 12.0. The number of phenols is 2. The van der Waals surface area contributed by atoms with Gasteiger partial charge in [-0.1, -0.05) is 0 Å². The normalized spacial score (nSPS) is 10.1. The van der Waals surface area contributed by atoms with E-state index in [1.165, 1.54) is 50.2 Å². The second kappa shape index (κ2) is 6.17. The van der Waals surface area contributed by atoms with Crippen LogP contribution in [0.4, 0.5) is 0 Å². The smallest absolute Gasteiger partial charge is 0.308 e. The number of hydrogen-bond donors (Lipinski definition) is 2. The van der Waals surface area contributed by atoms with Crippen LogP contribution >= 0.6 is 0 Å². The van der Waals surface area contributed by atoms with Crippen molar-refractivity contribution in [3.05, 3.63) is 36.4 Å². The second-order valence-corrected chi connectivity index (χ2v) is 4.55. The zero-order chi connectivity index (χ0) is 16.3. The summed E-state index contributed by atoms with van der Waals surface area (Å²) in [6.45, 7) is 2.51. The number of carbonyl (C=O) groups excluding carboxylic acids is 2. The topological polar surface area (TPSA) is 93.1 Å². The van der Waals surface area contributed by atoms with Gasteiger partial charge in [-0.25, -0.2) is 0 Å². The maximum atomic E-state index is 11.0. The van der Waals surface area contributed by atoms with E-state index in [4.69, 9.17) is 9.47 Å². The van der Waals surface area contributed by atoms with E-state index >= 15 is 0 Å². The first-order valence-corrected chi connectivity index (χ1v) is 6.40. The van der Waals surface area contributed by atoms with Gasteiger partial charge < -0.3 is 19.7 Å². The molecule has 0 radical (unpaired) electrons. The average molecular weight is 302 g/mol. The van der Waals surface area contributed by atoms with Crippen molar-refractivity contribution in [1.29, 1.82) is 0 Å². The predicted molar refractivity (Wildman–Crippen MR) is 77.8 cm³/mol. The Morgan fingerprint density at radius 3 is 1.45 bits per heavy atom. The summed E-state index contributed by atoms with van der Waals surface area (Å²) in [5, 5.41) is 19.9. The number of benzene rings is 2. The Bertz CT molecular complexity index is 672. The number of ether oxygens (including phenoxy) is 2. The molecule has 0 spiro atoms. The molecule has 2 N–H and O–H groups in total. The van der Waals surface area contributed by atoms with Crippen molar-refractivity contribution >= 4 is 11.9 Å². The van der Waals surface area contributed by atoms with Crippen LogP contribution in [-0.4, -0.2) is 22.2 Å². The van der Waals surface area contributed by atoms with E-state index in [-0.39, 0.29) is 34.1 Å². The number of phenolic OH excluding ortho intramolecular Hbond substituents is 2. The average Bonchev–Trinajstić information content (AvgIpc) is 2.42. The lowest BCUT2D eigenvalue weighted by Crippen LogP contribution is -2.02. The highest BCUT2D eigenvalue weighted by Gasteiger charge is 2.13. The summed E-state index contributed by atoms with van der Waals surface area (Å²) in [6.07, 6.45) is 0. The van der Waals surface area contributed by atoms with Crippen molar-refractivity contribution in [2.75, 3.05) is 0 Å². The molecule has 0 amide bonds. The van der Waals surface area contributed by atoms with Crippen molar-refractivity contribution in [3.8, 4) is 34.1 Å². The molecule has 6 nitrogen and oxygen atoms in total. The second-order valence-electron chi connectivity index (χ2n) is 4.55. The molecule has 0 heterocycles. The number of aromatic hydroxyl groups is 2. The molecule has 6 heteroatoms. The standard InChI is InChI=1S/C16H14O6/c1-9(17)21-11-3-5-15(19)13(7-11)14-8-12(22-10(2)18)4-6-16(14)20/h3-8,19-20H,1-2H3. The largest absolute Gasteiger partial charge is 0.507 e. The van der Waals surface area contributed by atoms with Crippen LogP contribution in [0.2, 0.25) is 0 Å². The van der Waals surface area contributed by atoms with Gasteiger partial charge in [0.25, 0.3) is 0 Å². The number of hydrogen-bond acceptors (Lipinski definition) is 6. The van der Waals surface area contributed by atoms with Crippen LogP contribution in [0, 0.1) is 0 Å². The summed E-state index contributed by atoms with van der Waals surface area (Å²) in [5.41, 5.74) is 0.482. The summed E-state index contributed by atoms with van der Waals surface area (Å²) in [5.74, 6) is -0.809. The molecule has 0 unspecified atom stereocenters. The SMILES string of the molecule is CC(=O)Oc1ccc(O)c(-c2cc(OC(C)=O)ccc2O)c1. The van der Waals surface area contributed by atoms with Crippen molar-refractivity contribution in [3.63, 3.8) is 0 Å². The summed E-state index contributed by atoms with van der Waals surface area (Å²) in [7, 11) is 0. The molecule has 0 aromatic heterocycles. The molecule has 0 fully saturated rings. The van der Waals surface area contributed by atoms with Crippen molar-refractivity contribution < 1.29 is 29.3 Å². The highest BCUT2D eigenvalue weighted by Crippen LogP contribution is 2.39. The highest BCUT2D eigenvalue weighted by molar-refractivity contribution is 5.79. The van der Waals surface area contributed by atoms with Gasteiger partial charge in [-0.2, -0.15) is 0 Å². The van der Waals surface area contributed by atoms with E-state index in [1.54, 1.807) is 0 Å². The minimum absolute atomic E-state index is 0.119. The van der Waals surface area contributed by atoms with Gasteiger partial charge in [0.2, 0.25) is 0 Å². The molecular formula is C16H14O6. The molecule has 0 saturated carbocycles. The third-order valence-corrected chi connectivity index (χ3v) is 2.75.